The second-order valence-corrected chi connectivity index (χ2v) is 8.39. The molecule has 0 unspecified atom stereocenters. The van der Waals surface area contributed by atoms with Gasteiger partial charge in [-0.1, -0.05) is 29.8 Å². The van der Waals surface area contributed by atoms with Crippen LogP contribution in [0.25, 0.3) is 6.08 Å². The number of para-hydroxylation sites is 1. The molecule has 0 bridgehead atoms. The first-order valence-corrected chi connectivity index (χ1v) is 11.1. The van der Waals surface area contributed by atoms with E-state index in [1.807, 2.05) is 0 Å². The fourth-order valence-electron chi connectivity index (χ4n) is 3.15. The second kappa shape index (κ2) is 10.1. The summed E-state index contributed by atoms with van der Waals surface area (Å²) in [5, 5.41) is 3.92. The van der Waals surface area contributed by atoms with E-state index in [1.165, 1.54) is 41.4 Å². The van der Waals surface area contributed by atoms with Gasteiger partial charge in [-0.2, -0.15) is 0 Å². The molecular weight excluding hydrogens is 529 g/mol. The molecule has 10 heteroatoms. The third-order valence-corrected chi connectivity index (χ3v) is 5.58. The van der Waals surface area contributed by atoms with Gasteiger partial charge in [-0.3, -0.25) is 19.8 Å². The first-order valence-electron chi connectivity index (χ1n) is 9.91. The zero-order valence-electron chi connectivity index (χ0n) is 17.3. The first-order chi connectivity index (χ1) is 16.3. The number of nitrogens with zero attached hydrogens (tertiary/aromatic N) is 1. The molecule has 172 valence electrons. The molecule has 3 aromatic rings. The van der Waals surface area contributed by atoms with Gasteiger partial charge in [0.15, 0.2) is 12.4 Å². The fourth-order valence-corrected chi connectivity index (χ4v) is 4.14. The van der Waals surface area contributed by atoms with Crippen molar-refractivity contribution in [2.45, 2.75) is 0 Å². The van der Waals surface area contributed by atoms with E-state index in [1.54, 1.807) is 36.4 Å². The number of hydrogen-bond acceptors (Lipinski definition) is 4. The number of nitrogens with one attached hydrogen (secondary N) is 2. The largest absolute Gasteiger partial charge is 0.481 e. The van der Waals surface area contributed by atoms with Crippen LogP contribution in [-0.4, -0.2) is 24.3 Å². The van der Waals surface area contributed by atoms with Crippen LogP contribution in [0, 0.1) is 5.82 Å². The van der Waals surface area contributed by atoms with Crippen LogP contribution in [0.4, 0.5) is 15.8 Å². The summed E-state index contributed by atoms with van der Waals surface area (Å²) in [4.78, 5) is 37.2. The highest BCUT2D eigenvalue weighted by Gasteiger charge is 2.34. The first kappa shape index (κ1) is 23.5. The SMILES string of the molecule is O=C(COc1c(Cl)cc(/C=C2/C(=O)NN(c3ccccc3)C2=O)cc1Br)Nc1ccc(F)cc1. The van der Waals surface area contributed by atoms with Crippen LogP contribution >= 0.6 is 27.5 Å². The minimum absolute atomic E-state index is 0.0563. The zero-order chi connectivity index (χ0) is 24.2. The molecule has 0 aliphatic carbocycles. The Balaban J connectivity index is 1.46. The van der Waals surface area contributed by atoms with Crippen LogP contribution in [0.3, 0.4) is 0 Å². The quantitative estimate of drug-likeness (QED) is 0.347. The third kappa shape index (κ3) is 5.27. The monoisotopic (exact) mass is 543 g/mol. The highest BCUT2D eigenvalue weighted by molar-refractivity contribution is 9.10. The maximum absolute atomic E-state index is 13.0. The molecule has 0 radical (unpaired) electrons. The molecule has 0 aromatic heterocycles. The van der Waals surface area contributed by atoms with Crippen molar-refractivity contribution < 1.29 is 23.5 Å². The van der Waals surface area contributed by atoms with Crippen LogP contribution in [0.15, 0.2) is 76.8 Å². The Morgan fingerprint density at radius 2 is 1.82 bits per heavy atom. The van der Waals surface area contributed by atoms with Crippen molar-refractivity contribution in [3.05, 3.63) is 93.2 Å². The maximum atomic E-state index is 13.0. The summed E-state index contributed by atoms with van der Waals surface area (Å²) in [5.74, 6) is -1.70. The predicted molar refractivity (Wildman–Crippen MR) is 130 cm³/mol. The third-order valence-electron chi connectivity index (χ3n) is 4.71. The van der Waals surface area contributed by atoms with Crippen molar-refractivity contribution in [3.63, 3.8) is 0 Å². The van der Waals surface area contributed by atoms with E-state index in [-0.39, 0.29) is 23.0 Å². The van der Waals surface area contributed by atoms with Gasteiger partial charge in [-0.05, 0) is 76.1 Å². The van der Waals surface area contributed by atoms with E-state index in [0.717, 1.165) is 0 Å². The van der Waals surface area contributed by atoms with Crippen LogP contribution in [-0.2, 0) is 14.4 Å². The number of carbonyl (C=O) groups excluding carboxylic acids is 3. The summed E-state index contributed by atoms with van der Waals surface area (Å²) >= 11 is 9.67. The molecule has 3 aromatic carbocycles. The summed E-state index contributed by atoms with van der Waals surface area (Å²) in [6.45, 7) is -0.344. The highest BCUT2D eigenvalue weighted by atomic mass is 79.9. The molecule has 2 N–H and O–H groups in total. The number of rotatable bonds is 6. The molecule has 7 nitrogen and oxygen atoms in total. The van der Waals surface area contributed by atoms with Crippen molar-refractivity contribution in [3.8, 4) is 5.75 Å². The van der Waals surface area contributed by atoms with Crippen LogP contribution in [0.1, 0.15) is 5.56 Å². The standard InChI is InChI=1S/C24H16BrClFN3O4/c25-19-11-14(10-18-23(32)29-30(24(18)33)17-4-2-1-3-5-17)12-20(26)22(19)34-13-21(31)28-16-8-6-15(27)7-9-16/h1-12H,13H2,(H,28,31)(H,29,32)/b18-10-. The Morgan fingerprint density at radius 1 is 1.12 bits per heavy atom. The number of halogens is 3. The van der Waals surface area contributed by atoms with E-state index in [0.29, 0.717) is 21.4 Å². The number of anilines is 2. The van der Waals surface area contributed by atoms with E-state index in [2.05, 4.69) is 26.7 Å². The Labute approximate surface area is 207 Å². The van der Waals surface area contributed by atoms with Crippen LogP contribution in [0.2, 0.25) is 5.02 Å². The summed E-state index contributed by atoms with van der Waals surface area (Å²) in [7, 11) is 0. The number of amides is 3. The summed E-state index contributed by atoms with van der Waals surface area (Å²) in [6, 6.07) is 17.2. The van der Waals surface area contributed by atoms with Crippen LogP contribution < -0.4 is 20.5 Å². The molecule has 1 heterocycles. The molecule has 3 amide bonds. The maximum Gasteiger partial charge on any atom is 0.282 e. The topological polar surface area (TPSA) is 87.7 Å². The highest BCUT2D eigenvalue weighted by Crippen LogP contribution is 2.35. The molecule has 1 aliphatic rings. The number of ether oxygens (including phenoxy) is 1. The average molecular weight is 545 g/mol. The van der Waals surface area contributed by atoms with Gasteiger partial charge < -0.3 is 10.1 Å². The molecule has 0 saturated carbocycles. The lowest BCUT2D eigenvalue weighted by atomic mass is 10.1. The minimum atomic E-state index is -0.543. The van der Waals surface area contributed by atoms with Crippen molar-refractivity contribution in [1.29, 1.82) is 0 Å². The second-order valence-electron chi connectivity index (χ2n) is 7.13. The Hall–Kier alpha value is -3.69. The van der Waals surface area contributed by atoms with Gasteiger partial charge in [0.1, 0.15) is 11.4 Å². The lowest BCUT2D eigenvalue weighted by Crippen LogP contribution is -2.35. The summed E-state index contributed by atoms with van der Waals surface area (Å²) in [6.07, 6.45) is 1.42. The smallest absolute Gasteiger partial charge is 0.282 e. The summed E-state index contributed by atoms with van der Waals surface area (Å²) < 4.78 is 18.9. The molecule has 4 rings (SSSR count). The molecule has 0 atom stereocenters. The predicted octanol–water partition coefficient (Wildman–Crippen LogP) is 4.72. The molecule has 1 aliphatic heterocycles. The van der Waals surface area contributed by atoms with Crippen molar-refractivity contribution in [2.24, 2.45) is 0 Å². The normalized spacial score (nSPS) is 14.3. The van der Waals surface area contributed by atoms with Gasteiger partial charge in [-0.15, -0.1) is 0 Å². The van der Waals surface area contributed by atoms with Gasteiger partial charge in [0, 0.05) is 5.69 Å². The molecule has 0 spiro atoms. The minimum Gasteiger partial charge on any atom is -0.481 e. The Kier molecular flexibility index (Phi) is 6.95. The van der Waals surface area contributed by atoms with Crippen molar-refractivity contribution in [1.82, 2.24) is 5.43 Å². The number of hydrazine groups is 1. The molecule has 1 fully saturated rings. The molecule has 1 saturated heterocycles. The van der Waals surface area contributed by atoms with Crippen molar-refractivity contribution in [2.75, 3.05) is 16.9 Å². The molecule has 34 heavy (non-hydrogen) atoms. The Bertz CT molecular complexity index is 1280. The number of benzene rings is 3. The lowest BCUT2D eigenvalue weighted by Gasteiger charge is -2.14. The fraction of sp³-hybridized carbons (Fsp3) is 0.0417. The van der Waals surface area contributed by atoms with Gasteiger partial charge in [0.05, 0.1) is 15.2 Å². The van der Waals surface area contributed by atoms with Gasteiger partial charge in [-0.25, -0.2) is 9.40 Å². The van der Waals surface area contributed by atoms with E-state index < -0.39 is 23.5 Å². The van der Waals surface area contributed by atoms with E-state index in [4.69, 9.17) is 16.3 Å². The van der Waals surface area contributed by atoms with Gasteiger partial charge in [0.2, 0.25) is 0 Å². The van der Waals surface area contributed by atoms with Crippen molar-refractivity contribution >= 4 is 62.7 Å². The number of carbonyl (C=O) groups is 3. The lowest BCUT2D eigenvalue weighted by molar-refractivity contribution is -0.118. The Morgan fingerprint density at radius 3 is 2.50 bits per heavy atom. The number of hydrogen-bond donors (Lipinski definition) is 2. The average Bonchev–Trinajstić information content (AvgIpc) is 3.09. The van der Waals surface area contributed by atoms with Gasteiger partial charge >= 0.3 is 0 Å². The molecular formula is C24H16BrClFN3O4. The van der Waals surface area contributed by atoms with E-state index >= 15 is 0 Å². The van der Waals surface area contributed by atoms with Crippen LogP contribution in [0.5, 0.6) is 5.75 Å². The van der Waals surface area contributed by atoms with E-state index in [9.17, 15) is 18.8 Å². The zero-order valence-corrected chi connectivity index (χ0v) is 19.7. The van der Waals surface area contributed by atoms with Gasteiger partial charge in [0.25, 0.3) is 17.7 Å². The summed E-state index contributed by atoms with van der Waals surface area (Å²) in [5.41, 5.74) is 3.91.